The molecule has 2 rings (SSSR count). The summed E-state index contributed by atoms with van der Waals surface area (Å²) in [5, 5.41) is 3.43. The van der Waals surface area contributed by atoms with Gasteiger partial charge in [0.15, 0.2) is 0 Å². The number of thioether (sulfide) groups is 1. The van der Waals surface area contributed by atoms with Crippen LogP contribution in [-0.2, 0) is 11.0 Å². The van der Waals surface area contributed by atoms with E-state index in [0.29, 0.717) is 12.2 Å². The number of alkyl halides is 3. The minimum Gasteiger partial charge on any atom is -0.325 e. The van der Waals surface area contributed by atoms with Crippen LogP contribution in [0.15, 0.2) is 29.3 Å². The summed E-state index contributed by atoms with van der Waals surface area (Å²) in [5.41, 5.74) is -0.381. The molecule has 1 aliphatic rings. The van der Waals surface area contributed by atoms with Gasteiger partial charge >= 0.3 is 6.18 Å². The zero-order valence-corrected chi connectivity index (χ0v) is 12.4. The van der Waals surface area contributed by atoms with Gasteiger partial charge in [-0.1, -0.05) is 6.92 Å². The molecule has 1 heterocycles. The number of halogens is 3. The molecule has 0 fully saturated rings. The fraction of sp³-hybridized carbons (Fsp3) is 0.429. The molecule has 0 aromatic heterocycles. The quantitative estimate of drug-likeness (QED) is 0.904. The van der Waals surface area contributed by atoms with Crippen LogP contribution < -0.4 is 5.32 Å². The van der Waals surface area contributed by atoms with Gasteiger partial charge in [-0.2, -0.15) is 13.2 Å². The summed E-state index contributed by atoms with van der Waals surface area (Å²) in [7, 11) is 0. The average Bonchev–Trinajstić information content (AvgIpc) is 2.79. The molecule has 1 amide bonds. The van der Waals surface area contributed by atoms with Gasteiger partial charge in [0.2, 0.25) is 5.91 Å². The summed E-state index contributed by atoms with van der Waals surface area (Å²) in [6, 6.07) is 4.43. The first kappa shape index (κ1) is 15.9. The first-order valence-electron chi connectivity index (χ1n) is 6.39. The van der Waals surface area contributed by atoms with Gasteiger partial charge in [0.1, 0.15) is 0 Å². The van der Waals surface area contributed by atoms with Crippen LogP contribution in [0, 0.1) is 11.8 Å². The van der Waals surface area contributed by atoms with Crippen molar-refractivity contribution in [2.45, 2.75) is 13.1 Å². The van der Waals surface area contributed by atoms with Crippen molar-refractivity contribution in [3.8, 4) is 0 Å². The van der Waals surface area contributed by atoms with E-state index in [4.69, 9.17) is 0 Å². The minimum atomic E-state index is -4.37. The molecule has 1 aromatic rings. The Morgan fingerprint density at radius 3 is 2.48 bits per heavy atom. The number of aliphatic imine (C=N–C) groups is 1. The Morgan fingerprint density at radius 2 is 1.95 bits per heavy atom. The van der Waals surface area contributed by atoms with Gasteiger partial charge in [0.05, 0.1) is 16.5 Å². The van der Waals surface area contributed by atoms with Gasteiger partial charge in [-0.25, -0.2) is 0 Å². The van der Waals surface area contributed by atoms with Crippen LogP contribution in [0.5, 0.6) is 0 Å². The number of carbonyl (C=O) groups excluding carboxylic acids is 1. The van der Waals surface area contributed by atoms with Gasteiger partial charge in [0, 0.05) is 12.2 Å². The Labute approximate surface area is 125 Å². The Morgan fingerprint density at radius 1 is 1.33 bits per heavy atom. The highest BCUT2D eigenvalue weighted by molar-refractivity contribution is 8.13. The van der Waals surface area contributed by atoms with E-state index in [1.165, 1.54) is 23.9 Å². The van der Waals surface area contributed by atoms with E-state index in [-0.39, 0.29) is 17.7 Å². The highest BCUT2D eigenvalue weighted by atomic mass is 32.2. The zero-order valence-electron chi connectivity index (χ0n) is 11.6. The fourth-order valence-corrected chi connectivity index (χ4v) is 3.00. The normalized spacial score (nSPS) is 22.0. The maximum atomic E-state index is 12.5. The molecule has 0 saturated heterocycles. The van der Waals surface area contributed by atoms with Crippen LogP contribution in [0.2, 0.25) is 0 Å². The predicted molar refractivity (Wildman–Crippen MR) is 78.5 cm³/mol. The molecule has 1 aliphatic heterocycles. The van der Waals surface area contributed by atoms with Crippen LogP contribution in [0.4, 0.5) is 18.9 Å². The summed E-state index contributed by atoms with van der Waals surface area (Å²) in [6.45, 7) is 2.53. The minimum absolute atomic E-state index is 0.0990. The van der Waals surface area contributed by atoms with E-state index in [2.05, 4.69) is 10.3 Å². The molecule has 3 nitrogen and oxygen atoms in total. The topological polar surface area (TPSA) is 41.5 Å². The molecular formula is C14H15F3N2OS. The highest BCUT2D eigenvalue weighted by Gasteiger charge is 2.34. The largest absolute Gasteiger partial charge is 0.416 e. The lowest BCUT2D eigenvalue weighted by atomic mass is 9.97. The molecule has 21 heavy (non-hydrogen) atoms. The number of rotatable bonds is 2. The van der Waals surface area contributed by atoms with Crippen molar-refractivity contribution < 1.29 is 18.0 Å². The Bertz CT molecular complexity index is 554. The molecule has 1 aromatic carbocycles. The summed E-state index contributed by atoms with van der Waals surface area (Å²) < 4.78 is 37.4. The average molecular weight is 316 g/mol. The van der Waals surface area contributed by atoms with Crippen molar-refractivity contribution in [1.82, 2.24) is 0 Å². The van der Waals surface area contributed by atoms with E-state index < -0.39 is 11.7 Å². The van der Waals surface area contributed by atoms with Crippen molar-refractivity contribution in [1.29, 1.82) is 0 Å². The van der Waals surface area contributed by atoms with Crippen LogP contribution >= 0.6 is 11.8 Å². The molecule has 7 heteroatoms. The lowest BCUT2D eigenvalue weighted by Gasteiger charge is -2.16. The fourth-order valence-electron chi connectivity index (χ4n) is 2.21. The second-order valence-electron chi connectivity index (χ2n) is 4.90. The zero-order chi connectivity index (χ0) is 15.6. The van der Waals surface area contributed by atoms with Gasteiger partial charge < -0.3 is 5.32 Å². The molecule has 1 N–H and O–H groups in total. The predicted octanol–water partition coefficient (Wildman–Crippen LogP) is 3.67. The lowest BCUT2D eigenvalue weighted by molar-refractivity contribution is -0.137. The van der Waals surface area contributed by atoms with Crippen LogP contribution in [-0.4, -0.2) is 23.8 Å². The number of hydrogen-bond donors (Lipinski definition) is 1. The highest BCUT2D eigenvalue weighted by Crippen LogP contribution is 2.31. The van der Waals surface area contributed by atoms with Crippen molar-refractivity contribution in [2.24, 2.45) is 16.8 Å². The second-order valence-corrected chi connectivity index (χ2v) is 5.73. The Balaban J connectivity index is 2.08. The van der Waals surface area contributed by atoms with Crippen LogP contribution in [0.25, 0.3) is 0 Å². The van der Waals surface area contributed by atoms with E-state index in [1.54, 1.807) is 0 Å². The standard InChI is InChI=1S/C14H15F3N2OS/c1-8-7-18-13(21-2)11(8)12(20)19-10-5-3-9(4-6-10)14(15,16)17/h3-6,8,11H,7H2,1-2H3,(H,19,20). The van der Waals surface area contributed by atoms with Crippen molar-refractivity contribution >= 4 is 28.4 Å². The van der Waals surface area contributed by atoms with Gasteiger partial charge in [0.25, 0.3) is 0 Å². The van der Waals surface area contributed by atoms with E-state index in [0.717, 1.165) is 17.2 Å². The monoisotopic (exact) mass is 316 g/mol. The molecule has 0 radical (unpaired) electrons. The molecular weight excluding hydrogens is 301 g/mol. The van der Waals surface area contributed by atoms with Crippen LogP contribution in [0.3, 0.4) is 0 Å². The number of amides is 1. The molecule has 2 unspecified atom stereocenters. The number of hydrogen-bond acceptors (Lipinski definition) is 3. The summed E-state index contributed by atoms with van der Waals surface area (Å²) in [5.74, 6) is -0.461. The number of anilines is 1. The number of nitrogens with one attached hydrogen (secondary N) is 1. The number of benzene rings is 1. The Hall–Kier alpha value is -1.50. The molecule has 0 spiro atoms. The maximum absolute atomic E-state index is 12.5. The molecule has 114 valence electrons. The van der Waals surface area contributed by atoms with Crippen molar-refractivity contribution in [3.63, 3.8) is 0 Å². The van der Waals surface area contributed by atoms with Gasteiger partial charge in [-0.15, -0.1) is 11.8 Å². The van der Waals surface area contributed by atoms with Gasteiger partial charge in [-0.3, -0.25) is 9.79 Å². The first-order chi connectivity index (χ1) is 9.82. The molecule has 0 aliphatic carbocycles. The first-order valence-corrected chi connectivity index (χ1v) is 7.62. The van der Waals surface area contributed by atoms with Crippen molar-refractivity contribution in [2.75, 3.05) is 18.1 Å². The molecule has 0 saturated carbocycles. The van der Waals surface area contributed by atoms with Gasteiger partial charge in [-0.05, 0) is 36.4 Å². The third kappa shape index (κ3) is 3.58. The third-order valence-electron chi connectivity index (χ3n) is 3.34. The van der Waals surface area contributed by atoms with Crippen molar-refractivity contribution in [3.05, 3.63) is 29.8 Å². The Kier molecular flexibility index (Phi) is 4.61. The maximum Gasteiger partial charge on any atom is 0.416 e. The van der Waals surface area contributed by atoms with E-state index >= 15 is 0 Å². The molecule has 2 atom stereocenters. The number of carbonyl (C=O) groups is 1. The second kappa shape index (κ2) is 6.09. The third-order valence-corrected chi connectivity index (χ3v) is 4.14. The lowest BCUT2D eigenvalue weighted by Crippen LogP contribution is -2.30. The van der Waals surface area contributed by atoms with E-state index in [9.17, 15) is 18.0 Å². The number of nitrogens with zero attached hydrogens (tertiary/aromatic N) is 1. The molecule has 0 bridgehead atoms. The van der Waals surface area contributed by atoms with E-state index in [1.807, 2.05) is 13.2 Å². The van der Waals surface area contributed by atoms with Crippen LogP contribution in [0.1, 0.15) is 12.5 Å². The summed E-state index contributed by atoms with van der Waals surface area (Å²) >= 11 is 1.43. The summed E-state index contributed by atoms with van der Waals surface area (Å²) in [6.07, 6.45) is -2.52. The smallest absolute Gasteiger partial charge is 0.325 e. The summed E-state index contributed by atoms with van der Waals surface area (Å²) in [4.78, 5) is 16.5. The SMILES string of the molecule is CSC1=NCC(C)C1C(=O)Nc1ccc(C(F)(F)F)cc1.